The van der Waals surface area contributed by atoms with Crippen molar-refractivity contribution in [2.24, 2.45) is 12.0 Å². The first-order valence-corrected chi connectivity index (χ1v) is 7.23. The molecule has 1 aromatic carbocycles. The quantitative estimate of drug-likeness (QED) is 0.657. The number of hydrogen-bond acceptors (Lipinski definition) is 3. The first-order chi connectivity index (χ1) is 10.7. The number of halogens is 1. The van der Waals surface area contributed by atoms with Crippen molar-refractivity contribution in [3.8, 4) is 0 Å². The topological polar surface area (TPSA) is 67.1 Å². The van der Waals surface area contributed by atoms with Crippen LogP contribution >= 0.6 is 0 Å². The van der Waals surface area contributed by atoms with Crippen LogP contribution in [0.15, 0.2) is 35.6 Å². The van der Waals surface area contributed by atoms with Gasteiger partial charge in [0, 0.05) is 26.1 Å². The molecule has 7 heteroatoms. The number of aliphatic imine (C=N–C) groups is 1. The van der Waals surface area contributed by atoms with Gasteiger partial charge in [-0.2, -0.15) is 5.10 Å². The summed E-state index contributed by atoms with van der Waals surface area (Å²) in [5.74, 6) is 1.57. The van der Waals surface area contributed by atoms with E-state index in [0.717, 1.165) is 17.8 Å². The second kappa shape index (κ2) is 6.13. The minimum absolute atomic E-state index is 0.140. The minimum atomic E-state index is -0.140. The van der Waals surface area contributed by atoms with E-state index in [0.29, 0.717) is 12.5 Å². The van der Waals surface area contributed by atoms with Gasteiger partial charge in [0.2, 0.25) is 0 Å². The molecule has 1 heterocycles. The van der Waals surface area contributed by atoms with Crippen LogP contribution in [-0.4, -0.2) is 33.8 Å². The van der Waals surface area contributed by atoms with E-state index >= 15 is 0 Å². The SMILES string of the molecule is CN=C(NCc1ncnn1C)NC1CC1c1ccccc1F. The van der Waals surface area contributed by atoms with Gasteiger partial charge in [-0.05, 0) is 18.1 Å². The van der Waals surface area contributed by atoms with Crippen LogP contribution in [0, 0.1) is 5.82 Å². The molecule has 22 heavy (non-hydrogen) atoms. The number of guanidine groups is 1. The summed E-state index contributed by atoms with van der Waals surface area (Å²) in [4.78, 5) is 8.34. The summed E-state index contributed by atoms with van der Waals surface area (Å²) >= 11 is 0. The lowest BCUT2D eigenvalue weighted by Crippen LogP contribution is -2.39. The van der Waals surface area contributed by atoms with Gasteiger partial charge in [-0.3, -0.25) is 9.67 Å². The number of nitrogens with one attached hydrogen (secondary N) is 2. The van der Waals surface area contributed by atoms with Gasteiger partial charge in [-0.1, -0.05) is 18.2 Å². The molecule has 1 aliphatic carbocycles. The zero-order chi connectivity index (χ0) is 15.5. The molecule has 3 rings (SSSR count). The van der Waals surface area contributed by atoms with Gasteiger partial charge in [0.15, 0.2) is 5.96 Å². The van der Waals surface area contributed by atoms with Crippen LogP contribution in [0.1, 0.15) is 23.7 Å². The van der Waals surface area contributed by atoms with Gasteiger partial charge in [-0.15, -0.1) is 0 Å². The molecule has 2 N–H and O–H groups in total. The summed E-state index contributed by atoms with van der Waals surface area (Å²) in [6.45, 7) is 0.535. The predicted molar refractivity (Wildman–Crippen MR) is 81.9 cm³/mol. The Kier molecular flexibility index (Phi) is 4.04. The summed E-state index contributed by atoms with van der Waals surface area (Å²) in [6, 6.07) is 7.14. The molecule has 0 spiro atoms. The fraction of sp³-hybridized carbons (Fsp3) is 0.400. The zero-order valence-corrected chi connectivity index (χ0v) is 12.6. The normalized spacial score (nSPS) is 20.8. The summed E-state index contributed by atoms with van der Waals surface area (Å²) in [5.41, 5.74) is 0.767. The van der Waals surface area contributed by atoms with Crippen molar-refractivity contribution in [3.63, 3.8) is 0 Å². The van der Waals surface area contributed by atoms with Gasteiger partial charge < -0.3 is 10.6 Å². The van der Waals surface area contributed by atoms with Crippen LogP contribution < -0.4 is 10.6 Å². The lowest BCUT2D eigenvalue weighted by Gasteiger charge is -2.11. The third kappa shape index (κ3) is 3.08. The molecule has 116 valence electrons. The monoisotopic (exact) mass is 302 g/mol. The van der Waals surface area contributed by atoms with Crippen molar-refractivity contribution in [2.75, 3.05) is 7.05 Å². The van der Waals surface area contributed by atoms with Crippen LogP contribution in [0.25, 0.3) is 0 Å². The lowest BCUT2D eigenvalue weighted by atomic mass is 10.1. The number of benzene rings is 1. The van der Waals surface area contributed by atoms with E-state index < -0.39 is 0 Å². The third-order valence-corrected chi connectivity index (χ3v) is 3.86. The maximum absolute atomic E-state index is 13.8. The molecule has 0 radical (unpaired) electrons. The smallest absolute Gasteiger partial charge is 0.191 e. The van der Waals surface area contributed by atoms with Crippen LogP contribution in [0.2, 0.25) is 0 Å². The van der Waals surface area contributed by atoms with Crippen LogP contribution in [0.5, 0.6) is 0 Å². The molecule has 1 aliphatic rings. The lowest BCUT2D eigenvalue weighted by molar-refractivity contribution is 0.607. The highest BCUT2D eigenvalue weighted by Gasteiger charge is 2.40. The summed E-state index contributed by atoms with van der Waals surface area (Å²) in [5, 5.41) is 10.5. The van der Waals surface area contributed by atoms with Crippen molar-refractivity contribution in [1.82, 2.24) is 25.4 Å². The number of nitrogens with zero attached hydrogens (tertiary/aromatic N) is 4. The van der Waals surface area contributed by atoms with Crippen molar-refractivity contribution in [3.05, 3.63) is 47.8 Å². The first kappa shape index (κ1) is 14.5. The van der Waals surface area contributed by atoms with E-state index in [4.69, 9.17) is 0 Å². The van der Waals surface area contributed by atoms with Crippen molar-refractivity contribution in [1.29, 1.82) is 0 Å². The maximum atomic E-state index is 13.8. The second-order valence-electron chi connectivity index (χ2n) is 5.34. The van der Waals surface area contributed by atoms with E-state index in [-0.39, 0.29) is 17.8 Å². The number of rotatable bonds is 4. The maximum Gasteiger partial charge on any atom is 0.191 e. The molecule has 0 aliphatic heterocycles. The molecule has 1 fully saturated rings. The number of aryl methyl sites for hydroxylation is 1. The molecule has 6 nitrogen and oxygen atoms in total. The average Bonchev–Trinajstić information content (AvgIpc) is 3.16. The van der Waals surface area contributed by atoms with Gasteiger partial charge in [0.05, 0.1) is 6.54 Å². The molecule has 0 amide bonds. The molecular weight excluding hydrogens is 283 g/mol. The molecule has 2 unspecified atom stereocenters. The van der Waals surface area contributed by atoms with Crippen molar-refractivity contribution >= 4 is 5.96 Å². The van der Waals surface area contributed by atoms with Crippen molar-refractivity contribution < 1.29 is 4.39 Å². The largest absolute Gasteiger partial charge is 0.353 e. The van der Waals surface area contributed by atoms with Crippen molar-refractivity contribution in [2.45, 2.75) is 24.9 Å². The van der Waals surface area contributed by atoms with Crippen LogP contribution in [0.4, 0.5) is 4.39 Å². The van der Waals surface area contributed by atoms with Gasteiger partial charge >= 0.3 is 0 Å². The Balaban J connectivity index is 1.55. The number of aromatic nitrogens is 3. The molecule has 0 bridgehead atoms. The highest BCUT2D eigenvalue weighted by Crippen LogP contribution is 2.41. The Bertz CT molecular complexity index is 680. The molecule has 2 atom stereocenters. The molecule has 1 saturated carbocycles. The van der Waals surface area contributed by atoms with E-state index in [9.17, 15) is 4.39 Å². The summed E-state index contributed by atoms with van der Waals surface area (Å²) < 4.78 is 15.5. The standard InChI is InChI=1S/C15H19FN6/c1-17-15(18-8-14-19-9-20-22(14)2)21-13-7-11(13)10-5-3-4-6-12(10)16/h3-6,9,11,13H,7-8H2,1-2H3,(H2,17,18,21). The highest BCUT2D eigenvalue weighted by atomic mass is 19.1. The zero-order valence-electron chi connectivity index (χ0n) is 12.6. The Hall–Kier alpha value is -2.44. The molecule has 2 aromatic rings. The summed E-state index contributed by atoms with van der Waals surface area (Å²) in [7, 11) is 3.56. The Labute approximate surface area is 128 Å². The van der Waals surface area contributed by atoms with Gasteiger partial charge in [-0.25, -0.2) is 9.37 Å². The van der Waals surface area contributed by atoms with Crippen LogP contribution in [-0.2, 0) is 13.6 Å². The third-order valence-electron chi connectivity index (χ3n) is 3.86. The molecular formula is C15H19FN6. The fourth-order valence-corrected chi connectivity index (χ4v) is 2.49. The second-order valence-corrected chi connectivity index (χ2v) is 5.34. The Morgan fingerprint density at radius 1 is 1.45 bits per heavy atom. The molecule has 1 aromatic heterocycles. The Morgan fingerprint density at radius 3 is 2.95 bits per heavy atom. The van der Waals surface area contributed by atoms with E-state index in [1.165, 1.54) is 12.4 Å². The minimum Gasteiger partial charge on any atom is -0.353 e. The number of hydrogen-bond donors (Lipinski definition) is 2. The van der Waals surface area contributed by atoms with E-state index in [2.05, 4.69) is 25.7 Å². The van der Waals surface area contributed by atoms with E-state index in [1.54, 1.807) is 17.8 Å². The van der Waals surface area contributed by atoms with Gasteiger partial charge in [0.1, 0.15) is 18.0 Å². The highest BCUT2D eigenvalue weighted by molar-refractivity contribution is 5.80. The predicted octanol–water partition coefficient (Wildman–Crippen LogP) is 1.18. The Morgan fingerprint density at radius 2 is 2.27 bits per heavy atom. The van der Waals surface area contributed by atoms with Gasteiger partial charge in [0.25, 0.3) is 0 Å². The first-order valence-electron chi connectivity index (χ1n) is 7.23. The van der Waals surface area contributed by atoms with Crippen LogP contribution in [0.3, 0.4) is 0 Å². The molecule has 0 saturated heterocycles. The van der Waals surface area contributed by atoms with E-state index in [1.807, 2.05) is 19.2 Å². The fourth-order valence-electron chi connectivity index (χ4n) is 2.49. The average molecular weight is 302 g/mol. The summed E-state index contributed by atoms with van der Waals surface area (Å²) in [6.07, 6.45) is 2.42.